The number of carboxylic acids is 2. The van der Waals surface area contributed by atoms with E-state index in [1.54, 1.807) is 12.1 Å². The number of hydrogen-bond acceptors (Lipinski definition) is 16. The number of aliphatic carboxylic acids is 2. The van der Waals surface area contributed by atoms with Crippen LogP contribution in [0.15, 0.2) is 66.5 Å². The molecule has 0 radical (unpaired) electrons. The smallest absolute Gasteiger partial charge is 0.327 e. The Hall–Kier alpha value is -6.04. The van der Waals surface area contributed by atoms with Gasteiger partial charge in [-0.05, 0) is 103 Å². The zero-order valence-electron chi connectivity index (χ0n) is 29.3. The minimum Gasteiger partial charge on any atom is -0.492 e. The number of unbranched alkanes of at least 4 members (excludes halogenated alkanes) is 1. The van der Waals surface area contributed by atoms with Crippen molar-refractivity contribution >= 4 is 43.8 Å². The summed E-state index contributed by atoms with van der Waals surface area (Å²) in [5, 5.41) is 47.4. The molecular weight excluding hydrogens is 894 g/mol. The molecule has 0 spiro atoms. The molecule has 2 N–H and O–H groups in total. The molecule has 20 nitrogen and oxygen atoms in total. The van der Waals surface area contributed by atoms with Gasteiger partial charge in [-0.15, -0.1) is 20.4 Å². The van der Waals surface area contributed by atoms with E-state index in [2.05, 4.69) is 73.0 Å². The summed E-state index contributed by atoms with van der Waals surface area (Å²) in [7, 11) is 0. The molecule has 1 fully saturated rings. The Labute approximate surface area is 336 Å². The van der Waals surface area contributed by atoms with Crippen LogP contribution in [-0.4, -0.2) is 99.3 Å². The number of rotatable bonds is 19. The predicted molar refractivity (Wildman–Crippen MR) is 193 cm³/mol. The van der Waals surface area contributed by atoms with Crippen molar-refractivity contribution < 1.29 is 56.6 Å². The fraction of sp³-hybridized carbons (Fsp3) is 0.333. The molecule has 24 heteroatoms. The number of carboxylic acid groups (broad SMARTS) is 2. The summed E-state index contributed by atoms with van der Waals surface area (Å²) in [5.41, 5.74) is -0.173. The average Bonchev–Trinajstić information content (AvgIpc) is 3.70. The third-order valence-corrected chi connectivity index (χ3v) is 9.04. The van der Waals surface area contributed by atoms with Crippen LogP contribution in [0.1, 0.15) is 25.7 Å². The van der Waals surface area contributed by atoms with Gasteiger partial charge in [0.25, 0.3) is 11.8 Å². The van der Waals surface area contributed by atoms with Crippen molar-refractivity contribution in [2.24, 2.45) is 5.41 Å². The number of benzene rings is 2. The van der Waals surface area contributed by atoms with Crippen LogP contribution in [-0.2, 0) is 22.7 Å². The van der Waals surface area contributed by atoms with Crippen molar-refractivity contribution in [3.8, 4) is 46.4 Å². The topological polar surface area (TPSA) is 251 Å². The number of aromatic nitrogens is 10. The second kappa shape index (κ2) is 18.7. The lowest BCUT2D eigenvalue weighted by Gasteiger charge is -2.16. The van der Waals surface area contributed by atoms with Crippen LogP contribution >= 0.6 is 31.9 Å². The van der Waals surface area contributed by atoms with E-state index < -0.39 is 25.0 Å². The Morgan fingerprint density at radius 2 is 1.18 bits per heavy atom. The van der Waals surface area contributed by atoms with E-state index >= 15 is 0 Å². The number of ether oxygens (including phenoxy) is 4. The third-order valence-electron chi connectivity index (χ3n) is 7.73. The molecule has 7 rings (SSSR count). The highest BCUT2D eigenvalue weighted by Gasteiger charge is 2.45. The summed E-state index contributed by atoms with van der Waals surface area (Å²) in [4.78, 5) is 23.1. The number of hydrogen-bond donors (Lipinski definition) is 2. The number of carbonyl (C=O) groups is 2. The molecule has 6 aromatic rings. The maximum Gasteiger partial charge on any atom is 0.327 e. The minimum atomic E-state index is -1.09. The SMILES string of the molecule is O=C(O)Cn1nnc(-c2cc(OCC3(COc4cc(F)ccc4Br)CC3)no2)n1.O=C(O)Cn1nnc(-c2cc(OCCCCOc3cc(F)ccc3Br)no2)n1. The second-order valence-electron chi connectivity index (χ2n) is 12.3. The molecule has 1 aliphatic rings. The molecule has 57 heavy (non-hydrogen) atoms. The van der Waals surface area contributed by atoms with Crippen LogP contribution in [0, 0.1) is 17.0 Å². The van der Waals surface area contributed by atoms with Crippen LogP contribution in [0.3, 0.4) is 0 Å². The van der Waals surface area contributed by atoms with E-state index in [0.717, 1.165) is 22.4 Å². The highest BCUT2D eigenvalue weighted by atomic mass is 79.9. The van der Waals surface area contributed by atoms with Gasteiger partial charge in [-0.25, -0.2) is 8.78 Å². The number of nitrogens with zero attached hydrogens (tertiary/aromatic N) is 10. The van der Waals surface area contributed by atoms with E-state index in [1.807, 2.05) is 0 Å². The summed E-state index contributed by atoms with van der Waals surface area (Å²) in [6.45, 7) is 0.702. The monoisotopic (exact) mass is 922 g/mol. The first kappa shape index (κ1) is 40.6. The molecule has 4 heterocycles. The molecule has 300 valence electrons. The number of halogens is 4. The van der Waals surface area contributed by atoms with Gasteiger partial charge >= 0.3 is 11.9 Å². The maximum absolute atomic E-state index is 13.4. The molecule has 0 aliphatic heterocycles. The molecular formula is C33H30Br2F2N10O10. The standard InChI is InChI=1S/C17H15BrFN5O5.C16H15BrFN5O5/c18-11-2-1-10(19)5-12(11)27-8-17(3-4-17)9-28-14-6-13(29-22-14)16-20-23-24(21-16)7-15(25)26;17-11-4-3-10(18)7-12(11)26-5-1-2-6-27-14-8-13(28-21-14)16-19-22-23(20-16)9-15(24)25/h1-2,5-6H,3-4,7-9H2,(H,25,26);3-4,7-8H,1-2,5-6,9H2,(H,24,25). The van der Waals surface area contributed by atoms with Crippen molar-refractivity contribution in [2.75, 3.05) is 26.4 Å². The van der Waals surface area contributed by atoms with Crippen molar-refractivity contribution in [3.05, 3.63) is 69.1 Å². The van der Waals surface area contributed by atoms with E-state index in [4.69, 9.17) is 38.2 Å². The molecule has 1 aliphatic carbocycles. The van der Waals surface area contributed by atoms with Gasteiger partial charge in [-0.2, -0.15) is 9.59 Å². The Morgan fingerprint density at radius 3 is 1.68 bits per heavy atom. The highest BCUT2D eigenvalue weighted by Crippen LogP contribution is 2.46. The van der Waals surface area contributed by atoms with Crippen LogP contribution in [0.25, 0.3) is 23.2 Å². The van der Waals surface area contributed by atoms with Gasteiger partial charge in [0, 0.05) is 17.5 Å². The van der Waals surface area contributed by atoms with E-state index in [9.17, 15) is 18.4 Å². The lowest BCUT2D eigenvalue weighted by atomic mass is 10.1. The molecule has 1 saturated carbocycles. The van der Waals surface area contributed by atoms with Crippen LogP contribution in [0.4, 0.5) is 8.78 Å². The predicted octanol–water partition coefficient (Wildman–Crippen LogP) is 5.10. The molecule has 4 aromatic heterocycles. The van der Waals surface area contributed by atoms with Crippen molar-refractivity contribution in [2.45, 2.75) is 38.8 Å². The Morgan fingerprint density at radius 1 is 0.702 bits per heavy atom. The zero-order valence-corrected chi connectivity index (χ0v) is 32.5. The normalized spacial score (nSPS) is 12.7. The van der Waals surface area contributed by atoms with Crippen LogP contribution in [0.5, 0.6) is 23.3 Å². The molecule has 0 atom stereocenters. The van der Waals surface area contributed by atoms with Gasteiger partial charge in [0.05, 0.1) is 47.5 Å². The fourth-order valence-corrected chi connectivity index (χ4v) is 5.35. The Kier molecular flexibility index (Phi) is 13.3. The quantitative estimate of drug-likeness (QED) is 0.100. The highest BCUT2D eigenvalue weighted by molar-refractivity contribution is 9.10. The molecule has 0 saturated heterocycles. The summed E-state index contributed by atoms with van der Waals surface area (Å²) in [6, 6.07) is 11.5. The molecule has 2 aromatic carbocycles. The lowest BCUT2D eigenvalue weighted by Crippen LogP contribution is -2.21. The lowest BCUT2D eigenvalue weighted by molar-refractivity contribution is -0.139. The van der Waals surface area contributed by atoms with Gasteiger partial charge in [-0.3, -0.25) is 9.59 Å². The zero-order chi connectivity index (χ0) is 40.4. The molecule has 0 amide bonds. The summed E-state index contributed by atoms with van der Waals surface area (Å²) in [5.74, 6) is -0.877. The fourth-order valence-electron chi connectivity index (χ4n) is 4.63. The minimum absolute atomic E-state index is 0.106. The van der Waals surface area contributed by atoms with Gasteiger partial charge in [0.1, 0.15) is 23.1 Å². The van der Waals surface area contributed by atoms with Gasteiger partial charge in [0.15, 0.2) is 13.1 Å². The van der Waals surface area contributed by atoms with Crippen LogP contribution in [0.2, 0.25) is 0 Å². The van der Waals surface area contributed by atoms with Crippen molar-refractivity contribution in [1.82, 2.24) is 50.7 Å². The number of tetrazole rings is 2. The first-order chi connectivity index (χ1) is 27.4. The summed E-state index contributed by atoms with van der Waals surface area (Å²) < 4.78 is 60.5. The van der Waals surface area contributed by atoms with E-state index in [1.165, 1.54) is 36.4 Å². The van der Waals surface area contributed by atoms with Gasteiger partial charge < -0.3 is 38.2 Å². The molecule has 0 bridgehead atoms. The van der Waals surface area contributed by atoms with Crippen LogP contribution < -0.4 is 18.9 Å². The van der Waals surface area contributed by atoms with E-state index in [-0.39, 0.29) is 52.0 Å². The summed E-state index contributed by atoms with van der Waals surface area (Å²) >= 11 is 6.64. The largest absolute Gasteiger partial charge is 0.492 e. The average molecular weight is 924 g/mol. The Balaban J connectivity index is 0.000000193. The second-order valence-corrected chi connectivity index (χ2v) is 14.0. The van der Waals surface area contributed by atoms with Gasteiger partial charge in [0.2, 0.25) is 23.2 Å². The first-order valence-electron chi connectivity index (χ1n) is 16.8. The van der Waals surface area contributed by atoms with Crippen molar-refractivity contribution in [1.29, 1.82) is 0 Å². The first-order valence-corrected chi connectivity index (χ1v) is 18.4. The van der Waals surface area contributed by atoms with Crippen molar-refractivity contribution in [3.63, 3.8) is 0 Å². The molecule has 0 unspecified atom stereocenters. The Bertz CT molecular complexity index is 2300. The van der Waals surface area contributed by atoms with Gasteiger partial charge in [-0.1, -0.05) is 0 Å². The summed E-state index contributed by atoms with van der Waals surface area (Å²) in [6.07, 6.45) is 3.20. The third kappa shape index (κ3) is 12.0. The van der Waals surface area contributed by atoms with E-state index in [0.29, 0.717) is 59.7 Å². The maximum atomic E-state index is 13.4.